The normalized spacial score (nSPS) is 11.3. The molecule has 0 aliphatic carbocycles. The molecule has 1 heterocycles. The van der Waals surface area contributed by atoms with Crippen LogP contribution in [0, 0.1) is 25.2 Å². The van der Waals surface area contributed by atoms with Gasteiger partial charge in [0.25, 0.3) is 0 Å². The van der Waals surface area contributed by atoms with Crippen LogP contribution in [0.5, 0.6) is 0 Å². The molecule has 0 radical (unpaired) electrons. The first kappa shape index (κ1) is 16.2. The van der Waals surface area contributed by atoms with Gasteiger partial charge in [-0.3, -0.25) is 0 Å². The number of carboxylic acids is 1. The summed E-state index contributed by atoms with van der Waals surface area (Å²) < 4.78 is 1.87. The summed E-state index contributed by atoms with van der Waals surface area (Å²) in [6.45, 7) is 3.70. The second-order valence-electron chi connectivity index (χ2n) is 4.71. The Hall–Kier alpha value is -2.22. The predicted octanol–water partition coefficient (Wildman–Crippen LogP) is 4.39. The van der Waals surface area contributed by atoms with Crippen molar-refractivity contribution in [2.75, 3.05) is 0 Å². The molecule has 4 nitrogen and oxygen atoms in total. The Balaban J connectivity index is 2.65. The lowest BCUT2D eigenvalue weighted by molar-refractivity contribution is -0.132. The van der Waals surface area contributed by atoms with E-state index in [0.29, 0.717) is 21.3 Å². The van der Waals surface area contributed by atoms with Crippen molar-refractivity contribution in [1.82, 2.24) is 4.57 Å². The lowest BCUT2D eigenvalue weighted by atomic mass is 10.1. The summed E-state index contributed by atoms with van der Waals surface area (Å²) in [6, 6.07) is 8.78. The molecule has 0 saturated carbocycles. The number of halogens is 2. The summed E-state index contributed by atoms with van der Waals surface area (Å²) in [5.41, 5.74) is 2.66. The van der Waals surface area contributed by atoms with Crippen molar-refractivity contribution >= 4 is 35.2 Å². The van der Waals surface area contributed by atoms with Gasteiger partial charge in [-0.1, -0.05) is 29.3 Å². The fourth-order valence-electron chi connectivity index (χ4n) is 2.27. The molecule has 22 heavy (non-hydrogen) atoms. The largest absolute Gasteiger partial charge is 0.477 e. The van der Waals surface area contributed by atoms with Crippen LogP contribution in [-0.4, -0.2) is 15.6 Å². The van der Waals surface area contributed by atoms with Crippen molar-refractivity contribution in [3.05, 3.63) is 56.8 Å². The highest BCUT2D eigenvalue weighted by Gasteiger charge is 2.15. The van der Waals surface area contributed by atoms with Crippen molar-refractivity contribution in [1.29, 1.82) is 5.26 Å². The quantitative estimate of drug-likeness (QED) is 0.668. The maximum Gasteiger partial charge on any atom is 0.346 e. The standard InChI is InChI=1S/C16H12Cl2N2O2/c1-9-6-11(7-12(8-19)16(21)22)10(2)20(9)14-5-3-4-13(17)15(14)18/h3-7H,1-2H3,(H,21,22)/b12-7-. The van der Waals surface area contributed by atoms with Crippen molar-refractivity contribution in [2.45, 2.75) is 13.8 Å². The predicted molar refractivity (Wildman–Crippen MR) is 86.5 cm³/mol. The minimum atomic E-state index is -1.26. The molecule has 0 aliphatic heterocycles. The van der Waals surface area contributed by atoms with Crippen molar-refractivity contribution < 1.29 is 9.90 Å². The molecule has 1 aromatic carbocycles. The molecular formula is C16H12Cl2N2O2. The number of hydrogen-bond donors (Lipinski definition) is 1. The fourth-order valence-corrected chi connectivity index (χ4v) is 2.65. The number of carboxylic acid groups (broad SMARTS) is 1. The molecule has 0 aliphatic rings. The van der Waals surface area contributed by atoms with Crippen LogP contribution in [-0.2, 0) is 4.79 Å². The summed E-state index contributed by atoms with van der Waals surface area (Å²) in [6.07, 6.45) is 1.35. The summed E-state index contributed by atoms with van der Waals surface area (Å²) in [4.78, 5) is 11.0. The van der Waals surface area contributed by atoms with Gasteiger partial charge in [0.05, 0.1) is 15.7 Å². The van der Waals surface area contributed by atoms with Gasteiger partial charge in [-0.2, -0.15) is 5.26 Å². The van der Waals surface area contributed by atoms with Crippen LogP contribution >= 0.6 is 23.2 Å². The van der Waals surface area contributed by atoms with Gasteiger partial charge in [0.2, 0.25) is 0 Å². The fraction of sp³-hybridized carbons (Fsp3) is 0.125. The molecule has 0 atom stereocenters. The van der Waals surface area contributed by atoms with E-state index in [9.17, 15) is 4.79 Å². The third-order valence-electron chi connectivity index (χ3n) is 3.29. The first-order valence-corrected chi connectivity index (χ1v) is 7.10. The van der Waals surface area contributed by atoms with Crippen LogP contribution in [0.15, 0.2) is 29.8 Å². The van der Waals surface area contributed by atoms with E-state index in [1.54, 1.807) is 24.3 Å². The minimum Gasteiger partial charge on any atom is -0.477 e. The lowest BCUT2D eigenvalue weighted by Crippen LogP contribution is -2.01. The summed E-state index contributed by atoms with van der Waals surface area (Å²) in [7, 11) is 0. The molecule has 0 bridgehead atoms. The summed E-state index contributed by atoms with van der Waals surface area (Å²) >= 11 is 12.3. The zero-order valence-corrected chi connectivity index (χ0v) is 13.4. The first-order valence-electron chi connectivity index (χ1n) is 6.35. The number of aromatic nitrogens is 1. The van der Waals surface area contributed by atoms with Gasteiger partial charge >= 0.3 is 5.97 Å². The molecule has 1 N–H and O–H groups in total. The second-order valence-corrected chi connectivity index (χ2v) is 5.49. The van der Waals surface area contributed by atoms with Gasteiger partial charge in [-0.25, -0.2) is 4.79 Å². The third-order valence-corrected chi connectivity index (χ3v) is 4.10. The van der Waals surface area contributed by atoms with E-state index in [2.05, 4.69) is 0 Å². The number of benzene rings is 1. The van der Waals surface area contributed by atoms with Crippen molar-refractivity contribution in [2.24, 2.45) is 0 Å². The van der Waals surface area contributed by atoms with E-state index in [-0.39, 0.29) is 5.57 Å². The van der Waals surface area contributed by atoms with Gasteiger partial charge in [-0.15, -0.1) is 0 Å². The third kappa shape index (κ3) is 2.87. The molecule has 1 aromatic heterocycles. The van der Waals surface area contributed by atoms with Crippen molar-refractivity contribution in [3.8, 4) is 11.8 Å². The van der Waals surface area contributed by atoms with E-state index in [1.807, 2.05) is 24.5 Å². The maximum absolute atomic E-state index is 11.0. The topological polar surface area (TPSA) is 66.0 Å². The number of hydrogen-bond acceptors (Lipinski definition) is 2. The van der Waals surface area contributed by atoms with Crippen LogP contribution in [0.2, 0.25) is 10.0 Å². The van der Waals surface area contributed by atoms with E-state index in [1.165, 1.54) is 6.08 Å². The van der Waals surface area contributed by atoms with E-state index < -0.39 is 5.97 Å². The number of nitriles is 1. The zero-order chi connectivity index (χ0) is 16.4. The van der Waals surface area contributed by atoms with E-state index in [0.717, 1.165) is 11.4 Å². The van der Waals surface area contributed by atoms with Crippen LogP contribution in [0.1, 0.15) is 17.0 Å². The van der Waals surface area contributed by atoms with Crippen LogP contribution < -0.4 is 0 Å². The molecule has 0 unspecified atom stereocenters. The molecular weight excluding hydrogens is 323 g/mol. The minimum absolute atomic E-state index is 0.322. The Morgan fingerprint density at radius 1 is 1.36 bits per heavy atom. The monoisotopic (exact) mass is 334 g/mol. The highest BCUT2D eigenvalue weighted by molar-refractivity contribution is 6.43. The molecule has 0 fully saturated rings. The molecule has 112 valence electrons. The number of rotatable bonds is 3. The van der Waals surface area contributed by atoms with Gasteiger partial charge in [0.1, 0.15) is 11.6 Å². The highest BCUT2D eigenvalue weighted by Crippen LogP contribution is 2.32. The van der Waals surface area contributed by atoms with Gasteiger partial charge in [-0.05, 0) is 43.7 Å². The van der Waals surface area contributed by atoms with Crippen molar-refractivity contribution in [3.63, 3.8) is 0 Å². The molecule has 2 aromatic rings. The summed E-state index contributed by atoms with van der Waals surface area (Å²) in [5, 5.41) is 18.7. The Morgan fingerprint density at radius 3 is 2.64 bits per heavy atom. The Bertz CT molecular complexity index is 829. The second kappa shape index (κ2) is 6.27. The van der Waals surface area contributed by atoms with Crippen LogP contribution in [0.4, 0.5) is 0 Å². The van der Waals surface area contributed by atoms with Crippen LogP contribution in [0.3, 0.4) is 0 Å². The number of nitrogens with zero attached hydrogens (tertiary/aromatic N) is 2. The first-order chi connectivity index (χ1) is 10.4. The highest BCUT2D eigenvalue weighted by atomic mass is 35.5. The van der Waals surface area contributed by atoms with Gasteiger partial charge in [0.15, 0.2) is 0 Å². The molecule has 0 amide bonds. The van der Waals surface area contributed by atoms with Gasteiger partial charge in [0, 0.05) is 11.4 Å². The zero-order valence-electron chi connectivity index (χ0n) is 11.9. The van der Waals surface area contributed by atoms with Crippen LogP contribution in [0.25, 0.3) is 11.8 Å². The average Bonchev–Trinajstić information content (AvgIpc) is 2.74. The maximum atomic E-state index is 11.0. The Kier molecular flexibility index (Phi) is 4.60. The van der Waals surface area contributed by atoms with Gasteiger partial charge < -0.3 is 9.67 Å². The summed E-state index contributed by atoms with van der Waals surface area (Å²) in [5.74, 6) is -1.26. The molecule has 0 spiro atoms. The molecule has 2 rings (SSSR count). The number of carbonyl (C=O) groups is 1. The lowest BCUT2D eigenvalue weighted by Gasteiger charge is -2.12. The van der Waals surface area contributed by atoms with E-state index >= 15 is 0 Å². The molecule has 6 heteroatoms. The Labute approximate surface area is 137 Å². The number of aliphatic carboxylic acids is 1. The molecule has 0 saturated heterocycles. The smallest absolute Gasteiger partial charge is 0.346 e. The average molecular weight is 335 g/mol. The SMILES string of the molecule is Cc1cc(/C=C(/C#N)C(=O)O)c(C)n1-c1cccc(Cl)c1Cl. The number of aryl methyl sites for hydroxylation is 1. The van der Waals surface area contributed by atoms with E-state index in [4.69, 9.17) is 33.6 Å². The Morgan fingerprint density at radius 2 is 2.05 bits per heavy atom.